The first-order chi connectivity index (χ1) is 7.07. The molecule has 0 heterocycles. The average Bonchev–Trinajstić information content (AvgIpc) is 2.13. The maximum atomic E-state index is 6.02. The average molecular weight is 335 g/mol. The lowest BCUT2D eigenvalue weighted by atomic mass is 9.42. The Labute approximate surface area is 108 Å². The predicted molar refractivity (Wildman–Crippen MR) is 70.3 cm³/mol. The number of benzene rings is 1. The highest BCUT2D eigenvalue weighted by molar-refractivity contribution is 14.1. The normalized spacial score (nSPS) is 36.7. The van der Waals surface area contributed by atoms with Gasteiger partial charge in [-0.25, -0.2) is 0 Å². The van der Waals surface area contributed by atoms with Gasteiger partial charge < -0.3 is 4.74 Å². The Morgan fingerprint density at radius 3 is 2.53 bits per heavy atom. The van der Waals surface area contributed by atoms with Crippen LogP contribution in [0.25, 0.3) is 0 Å². The Hall–Kier alpha value is 0.0400. The molecular weight excluding hydrogens is 322 g/mol. The summed E-state index contributed by atoms with van der Waals surface area (Å²) in [5.74, 6) is 0.807. The van der Waals surface area contributed by atoms with Crippen molar-refractivity contribution in [3.05, 3.63) is 28.8 Å². The second-order valence-corrected chi connectivity index (χ2v) is 7.51. The van der Waals surface area contributed by atoms with Crippen LogP contribution >= 0.6 is 34.2 Å². The van der Waals surface area contributed by atoms with Crippen LogP contribution in [0.2, 0.25) is 5.02 Å². The molecule has 1 nitrogen and oxygen atoms in total. The number of halogens is 2. The minimum Gasteiger partial charge on any atom is -0.495 e. The Morgan fingerprint density at radius 2 is 2.00 bits per heavy atom. The summed E-state index contributed by atoms with van der Waals surface area (Å²) in [5.41, 5.74) is 1.86. The number of hydrogen-bond acceptors (Lipinski definition) is 1. The van der Waals surface area contributed by atoms with Gasteiger partial charge in [-0.05, 0) is 42.4 Å². The van der Waals surface area contributed by atoms with Gasteiger partial charge in [-0.15, -0.1) is 0 Å². The number of methoxy groups -OCH3 is 1. The van der Waals surface area contributed by atoms with Gasteiger partial charge in [0.2, 0.25) is 0 Å². The molecule has 0 spiro atoms. The third-order valence-electron chi connectivity index (χ3n) is 3.73. The molecule has 0 N–H and O–H groups in total. The van der Waals surface area contributed by atoms with Crippen LogP contribution in [-0.4, -0.2) is 10.5 Å². The molecule has 0 aliphatic heterocycles. The van der Waals surface area contributed by atoms with Crippen LogP contribution < -0.4 is 4.74 Å². The zero-order chi connectivity index (χ0) is 10.7. The van der Waals surface area contributed by atoms with E-state index < -0.39 is 0 Å². The predicted octanol–water partition coefficient (Wildman–Crippen LogP) is 3.96. The highest BCUT2D eigenvalue weighted by atomic mass is 127. The minimum absolute atomic E-state index is 0.457. The summed E-state index contributed by atoms with van der Waals surface area (Å²) in [5, 5.41) is 0.706. The van der Waals surface area contributed by atoms with E-state index in [0.717, 1.165) is 5.75 Å². The van der Waals surface area contributed by atoms with Crippen molar-refractivity contribution in [1.29, 1.82) is 0 Å². The van der Waals surface area contributed by atoms with Crippen molar-refractivity contribution in [1.82, 2.24) is 0 Å². The Balaban J connectivity index is 1.94. The molecule has 0 aromatic heterocycles. The molecule has 15 heavy (non-hydrogen) atoms. The fourth-order valence-corrected chi connectivity index (χ4v) is 5.34. The zero-order valence-electron chi connectivity index (χ0n) is 8.52. The summed E-state index contributed by atoms with van der Waals surface area (Å²) in [4.78, 5) is 0. The van der Waals surface area contributed by atoms with Crippen molar-refractivity contribution in [2.24, 2.45) is 0 Å². The van der Waals surface area contributed by atoms with Gasteiger partial charge in [0, 0.05) is 3.42 Å². The smallest absolute Gasteiger partial charge is 0.137 e. The molecule has 1 aromatic rings. The Morgan fingerprint density at radius 1 is 1.33 bits per heavy atom. The summed E-state index contributed by atoms with van der Waals surface area (Å²) in [6, 6.07) is 6.22. The summed E-state index contributed by atoms with van der Waals surface area (Å²) < 4.78 is 5.87. The van der Waals surface area contributed by atoms with Crippen LogP contribution in [0.3, 0.4) is 0 Å². The fourth-order valence-electron chi connectivity index (χ4n) is 2.96. The largest absolute Gasteiger partial charge is 0.495 e. The monoisotopic (exact) mass is 334 g/mol. The first-order valence-electron chi connectivity index (χ1n) is 5.10. The first-order valence-corrected chi connectivity index (χ1v) is 6.56. The van der Waals surface area contributed by atoms with E-state index in [1.165, 1.54) is 24.8 Å². The summed E-state index contributed by atoms with van der Waals surface area (Å²) >= 11 is 8.62. The maximum Gasteiger partial charge on any atom is 0.137 e. The molecule has 80 valence electrons. The van der Waals surface area contributed by atoms with Crippen LogP contribution in [0.5, 0.6) is 5.75 Å². The molecule has 0 atom stereocenters. The molecule has 3 saturated carbocycles. The van der Waals surface area contributed by atoms with Crippen LogP contribution in [-0.2, 0) is 5.41 Å². The van der Waals surface area contributed by atoms with Crippen LogP contribution in [0.15, 0.2) is 18.2 Å². The molecule has 3 aliphatic carbocycles. The van der Waals surface area contributed by atoms with Crippen molar-refractivity contribution in [2.45, 2.75) is 28.1 Å². The molecule has 2 bridgehead atoms. The van der Waals surface area contributed by atoms with Crippen LogP contribution in [0, 0.1) is 0 Å². The van der Waals surface area contributed by atoms with Crippen molar-refractivity contribution in [2.75, 3.05) is 7.11 Å². The van der Waals surface area contributed by atoms with Crippen molar-refractivity contribution >= 4 is 34.2 Å². The van der Waals surface area contributed by atoms with Gasteiger partial charge in [-0.1, -0.05) is 40.3 Å². The highest BCUT2D eigenvalue weighted by Crippen LogP contribution is 2.72. The molecule has 3 fully saturated rings. The summed E-state index contributed by atoms with van der Waals surface area (Å²) in [6.45, 7) is 0. The van der Waals surface area contributed by atoms with Crippen LogP contribution in [0.1, 0.15) is 24.8 Å². The Bertz CT molecular complexity index is 410. The third-order valence-corrected chi connectivity index (χ3v) is 5.19. The SMILES string of the molecule is COc1cc(C23CC(I)(C2)C3)ccc1Cl. The minimum atomic E-state index is 0.457. The highest BCUT2D eigenvalue weighted by Gasteiger charge is 2.67. The van der Waals surface area contributed by atoms with E-state index in [-0.39, 0.29) is 0 Å². The Kier molecular flexibility index (Phi) is 2.07. The number of hydrogen-bond donors (Lipinski definition) is 0. The van der Waals surface area contributed by atoms with Crippen molar-refractivity contribution < 1.29 is 4.74 Å². The quantitative estimate of drug-likeness (QED) is 0.588. The first kappa shape index (κ1) is 10.2. The second-order valence-electron chi connectivity index (χ2n) is 4.81. The molecule has 3 heteroatoms. The van der Waals surface area contributed by atoms with E-state index in [9.17, 15) is 0 Å². The number of rotatable bonds is 2. The lowest BCUT2D eigenvalue weighted by Gasteiger charge is -2.68. The molecule has 0 saturated heterocycles. The molecule has 4 rings (SSSR count). The van der Waals surface area contributed by atoms with Gasteiger partial charge in [-0.3, -0.25) is 0 Å². The molecule has 0 amide bonds. The molecule has 1 aromatic carbocycles. The fraction of sp³-hybridized carbons (Fsp3) is 0.500. The summed E-state index contributed by atoms with van der Waals surface area (Å²) in [7, 11) is 1.67. The van der Waals surface area contributed by atoms with E-state index in [4.69, 9.17) is 16.3 Å². The van der Waals surface area contributed by atoms with Gasteiger partial charge >= 0.3 is 0 Å². The van der Waals surface area contributed by atoms with Gasteiger partial charge in [0.05, 0.1) is 12.1 Å². The molecular formula is C12H12ClIO. The van der Waals surface area contributed by atoms with Crippen molar-refractivity contribution in [3.63, 3.8) is 0 Å². The molecule has 3 aliphatic rings. The standard InChI is InChI=1S/C12H12ClIO/c1-15-10-4-8(2-3-9(10)13)11-5-12(14,6-11)7-11/h2-4H,5-7H2,1H3. The van der Waals surface area contributed by atoms with Gasteiger partial charge in [0.25, 0.3) is 0 Å². The zero-order valence-corrected chi connectivity index (χ0v) is 11.4. The third kappa shape index (κ3) is 1.34. The maximum absolute atomic E-state index is 6.02. The second kappa shape index (κ2) is 3.04. The topological polar surface area (TPSA) is 9.23 Å². The number of alkyl halides is 1. The van der Waals surface area contributed by atoms with Crippen molar-refractivity contribution in [3.8, 4) is 5.75 Å². The molecule has 0 unspecified atom stereocenters. The van der Waals surface area contributed by atoms with Gasteiger partial charge in [0.15, 0.2) is 0 Å². The molecule has 0 radical (unpaired) electrons. The van der Waals surface area contributed by atoms with E-state index in [2.05, 4.69) is 34.7 Å². The van der Waals surface area contributed by atoms with E-state index >= 15 is 0 Å². The van der Waals surface area contributed by atoms with Crippen LogP contribution in [0.4, 0.5) is 0 Å². The lowest BCUT2D eigenvalue weighted by Crippen LogP contribution is -2.65. The van der Waals surface area contributed by atoms with Gasteiger partial charge in [0.1, 0.15) is 5.75 Å². The van der Waals surface area contributed by atoms with Gasteiger partial charge in [-0.2, -0.15) is 0 Å². The van der Waals surface area contributed by atoms with E-state index in [0.29, 0.717) is 13.9 Å². The summed E-state index contributed by atoms with van der Waals surface area (Å²) in [6.07, 6.45) is 3.97. The van der Waals surface area contributed by atoms with E-state index in [1.54, 1.807) is 7.11 Å². The number of ether oxygens (including phenoxy) is 1. The lowest BCUT2D eigenvalue weighted by molar-refractivity contribution is 0.0218. The van der Waals surface area contributed by atoms with E-state index in [1.807, 2.05) is 6.07 Å².